The molecule has 0 saturated carbocycles. The van der Waals surface area contributed by atoms with Crippen LogP contribution in [0.2, 0.25) is 0 Å². The molecule has 136 valence electrons. The van der Waals surface area contributed by atoms with Crippen molar-refractivity contribution in [3.05, 3.63) is 76.6 Å². The van der Waals surface area contributed by atoms with E-state index in [9.17, 15) is 4.79 Å². The molecule has 2 aromatic carbocycles. The van der Waals surface area contributed by atoms with Gasteiger partial charge in [-0.1, -0.05) is 36.4 Å². The molecule has 2 aliphatic heterocycles. The van der Waals surface area contributed by atoms with Crippen LogP contribution in [-0.4, -0.2) is 27.4 Å². The molecule has 0 spiro atoms. The number of hydrogen-bond donors (Lipinski definition) is 0. The molecule has 27 heavy (non-hydrogen) atoms. The van der Waals surface area contributed by atoms with Gasteiger partial charge in [0.2, 0.25) is 6.79 Å². The third kappa shape index (κ3) is 2.40. The van der Waals surface area contributed by atoms with E-state index in [1.165, 1.54) is 0 Å². The fraction of sp³-hybridized carbons (Fsp3) is 0.238. The highest BCUT2D eigenvalue weighted by atomic mass is 16.7. The Morgan fingerprint density at radius 2 is 1.89 bits per heavy atom. The van der Waals surface area contributed by atoms with Crippen molar-refractivity contribution in [3.8, 4) is 11.5 Å². The largest absolute Gasteiger partial charge is 0.454 e. The summed E-state index contributed by atoms with van der Waals surface area (Å²) in [5.41, 5.74) is 4.59. The number of aromatic nitrogens is 2. The fourth-order valence-electron chi connectivity index (χ4n) is 4.04. The lowest BCUT2D eigenvalue weighted by Gasteiger charge is -2.26. The van der Waals surface area contributed by atoms with Crippen molar-refractivity contribution < 1.29 is 14.3 Å². The standard InChI is InChI=1S/C21H19N3O3/c1-13-18-19(15-8-9-16-17(10-15)27-12-26-16)24(11-14-6-4-3-5-7-14)21(25)20(18)23(2)22-13/h3-10,19H,11-12H2,1-2H3. The molecule has 0 bridgehead atoms. The van der Waals surface area contributed by atoms with Crippen LogP contribution in [0.3, 0.4) is 0 Å². The smallest absolute Gasteiger partial charge is 0.273 e. The van der Waals surface area contributed by atoms with E-state index in [0.29, 0.717) is 12.2 Å². The number of ether oxygens (including phenoxy) is 2. The Kier molecular flexibility index (Phi) is 3.47. The van der Waals surface area contributed by atoms with Crippen molar-refractivity contribution in [2.24, 2.45) is 7.05 Å². The van der Waals surface area contributed by atoms with Crippen molar-refractivity contribution in [1.82, 2.24) is 14.7 Å². The number of carbonyl (C=O) groups is 1. The minimum absolute atomic E-state index is 0.000352. The van der Waals surface area contributed by atoms with Crippen molar-refractivity contribution in [1.29, 1.82) is 0 Å². The summed E-state index contributed by atoms with van der Waals surface area (Å²) in [6.45, 7) is 2.72. The topological polar surface area (TPSA) is 56.6 Å². The van der Waals surface area contributed by atoms with Crippen LogP contribution < -0.4 is 9.47 Å². The van der Waals surface area contributed by atoms with Gasteiger partial charge in [0, 0.05) is 19.2 Å². The number of carbonyl (C=O) groups excluding carboxylic acids is 1. The van der Waals surface area contributed by atoms with Crippen LogP contribution in [0.15, 0.2) is 48.5 Å². The highest BCUT2D eigenvalue weighted by molar-refractivity contribution is 5.98. The number of amides is 1. The zero-order chi connectivity index (χ0) is 18.5. The molecule has 6 nitrogen and oxygen atoms in total. The second kappa shape index (κ2) is 5.87. The lowest BCUT2D eigenvalue weighted by atomic mass is 9.98. The summed E-state index contributed by atoms with van der Waals surface area (Å²) in [5, 5.41) is 4.49. The van der Waals surface area contributed by atoms with Gasteiger partial charge < -0.3 is 14.4 Å². The Hall–Kier alpha value is -3.28. The molecule has 3 heterocycles. The number of hydrogen-bond acceptors (Lipinski definition) is 4. The molecular formula is C21H19N3O3. The number of fused-ring (bicyclic) bond motifs is 2. The van der Waals surface area contributed by atoms with Gasteiger partial charge in [-0.3, -0.25) is 9.48 Å². The van der Waals surface area contributed by atoms with Crippen molar-refractivity contribution in [3.63, 3.8) is 0 Å². The summed E-state index contributed by atoms with van der Waals surface area (Å²) >= 11 is 0. The van der Waals surface area contributed by atoms with E-state index in [-0.39, 0.29) is 18.7 Å². The molecule has 2 aliphatic rings. The molecule has 0 aliphatic carbocycles. The van der Waals surface area contributed by atoms with Crippen LogP contribution in [0, 0.1) is 6.92 Å². The quantitative estimate of drug-likeness (QED) is 0.719. The van der Waals surface area contributed by atoms with E-state index in [0.717, 1.165) is 33.9 Å². The summed E-state index contributed by atoms with van der Waals surface area (Å²) in [5.74, 6) is 1.45. The summed E-state index contributed by atoms with van der Waals surface area (Å²) in [7, 11) is 1.83. The van der Waals surface area contributed by atoms with Gasteiger partial charge in [0.25, 0.3) is 5.91 Å². The molecule has 5 rings (SSSR count). The van der Waals surface area contributed by atoms with E-state index in [1.54, 1.807) is 4.68 Å². The van der Waals surface area contributed by atoms with Gasteiger partial charge in [-0.05, 0) is 30.2 Å². The average Bonchev–Trinajstić information content (AvgIpc) is 3.32. The third-order valence-electron chi connectivity index (χ3n) is 5.23. The van der Waals surface area contributed by atoms with Gasteiger partial charge in [-0.2, -0.15) is 5.10 Å². The summed E-state index contributed by atoms with van der Waals surface area (Å²) in [4.78, 5) is 15.2. The van der Waals surface area contributed by atoms with E-state index in [2.05, 4.69) is 5.10 Å². The minimum Gasteiger partial charge on any atom is -0.454 e. The normalized spacial score (nSPS) is 17.5. The predicted octanol–water partition coefficient (Wildman–Crippen LogP) is 3.20. The minimum atomic E-state index is -0.198. The zero-order valence-electron chi connectivity index (χ0n) is 15.2. The first-order valence-electron chi connectivity index (χ1n) is 8.91. The fourth-order valence-corrected chi connectivity index (χ4v) is 4.04. The average molecular weight is 361 g/mol. The van der Waals surface area contributed by atoms with E-state index in [1.807, 2.05) is 67.4 Å². The number of benzene rings is 2. The van der Waals surface area contributed by atoms with Gasteiger partial charge in [0.1, 0.15) is 5.69 Å². The van der Waals surface area contributed by atoms with Crippen LogP contribution in [-0.2, 0) is 13.6 Å². The Bertz CT molecular complexity index is 1040. The predicted molar refractivity (Wildman–Crippen MR) is 98.7 cm³/mol. The summed E-state index contributed by atoms with van der Waals surface area (Å²) in [6.07, 6.45) is 0. The maximum Gasteiger partial charge on any atom is 0.273 e. The number of rotatable bonds is 3. The Labute approximate surface area is 156 Å². The van der Waals surface area contributed by atoms with Gasteiger partial charge in [-0.25, -0.2) is 0 Å². The first kappa shape index (κ1) is 15.9. The van der Waals surface area contributed by atoms with Crippen LogP contribution in [0.25, 0.3) is 0 Å². The molecular weight excluding hydrogens is 342 g/mol. The van der Waals surface area contributed by atoms with E-state index < -0.39 is 0 Å². The molecule has 0 radical (unpaired) electrons. The van der Waals surface area contributed by atoms with Crippen LogP contribution in [0.4, 0.5) is 0 Å². The number of nitrogens with zero attached hydrogens (tertiary/aromatic N) is 3. The molecule has 1 unspecified atom stereocenters. The second-order valence-electron chi connectivity index (χ2n) is 6.91. The van der Waals surface area contributed by atoms with E-state index in [4.69, 9.17) is 9.47 Å². The lowest BCUT2D eigenvalue weighted by Crippen LogP contribution is -2.29. The number of aryl methyl sites for hydroxylation is 2. The molecule has 0 N–H and O–H groups in total. The monoisotopic (exact) mass is 361 g/mol. The maximum atomic E-state index is 13.3. The maximum absolute atomic E-state index is 13.3. The molecule has 1 atom stereocenters. The molecule has 1 amide bonds. The molecule has 6 heteroatoms. The first-order valence-corrected chi connectivity index (χ1v) is 8.91. The highest BCUT2D eigenvalue weighted by Crippen LogP contribution is 2.44. The van der Waals surface area contributed by atoms with Gasteiger partial charge in [0.15, 0.2) is 11.5 Å². The Morgan fingerprint density at radius 1 is 1.11 bits per heavy atom. The van der Waals surface area contributed by atoms with Crippen LogP contribution in [0.1, 0.15) is 38.9 Å². The van der Waals surface area contributed by atoms with Gasteiger partial charge >= 0.3 is 0 Å². The van der Waals surface area contributed by atoms with Crippen molar-refractivity contribution in [2.75, 3.05) is 6.79 Å². The highest BCUT2D eigenvalue weighted by Gasteiger charge is 2.42. The second-order valence-corrected chi connectivity index (χ2v) is 6.91. The SMILES string of the molecule is Cc1nn(C)c2c1C(c1ccc3c(c1)OCO3)N(Cc1ccccc1)C2=O. The van der Waals surface area contributed by atoms with E-state index >= 15 is 0 Å². The molecule has 1 aromatic heterocycles. The van der Waals surface area contributed by atoms with Crippen molar-refractivity contribution in [2.45, 2.75) is 19.5 Å². The van der Waals surface area contributed by atoms with Gasteiger partial charge in [-0.15, -0.1) is 0 Å². The first-order chi connectivity index (χ1) is 13.1. The zero-order valence-corrected chi connectivity index (χ0v) is 15.2. The molecule has 0 saturated heterocycles. The third-order valence-corrected chi connectivity index (χ3v) is 5.23. The lowest BCUT2D eigenvalue weighted by molar-refractivity contribution is 0.0725. The molecule has 0 fully saturated rings. The Balaban J connectivity index is 1.63. The van der Waals surface area contributed by atoms with Crippen LogP contribution >= 0.6 is 0 Å². The molecule has 3 aromatic rings. The van der Waals surface area contributed by atoms with Crippen LogP contribution in [0.5, 0.6) is 11.5 Å². The summed E-state index contributed by atoms with van der Waals surface area (Å²) < 4.78 is 12.7. The van der Waals surface area contributed by atoms with Gasteiger partial charge in [0.05, 0.1) is 11.7 Å². The Morgan fingerprint density at radius 3 is 2.70 bits per heavy atom. The van der Waals surface area contributed by atoms with Crippen molar-refractivity contribution >= 4 is 5.91 Å². The summed E-state index contributed by atoms with van der Waals surface area (Å²) in [6, 6.07) is 15.7.